The number of aryl methyl sites for hydroxylation is 1. The molecule has 1 atom stereocenters. The molecule has 82 valence electrons. The first-order valence-corrected chi connectivity index (χ1v) is 5.37. The third-order valence-corrected chi connectivity index (χ3v) is 3.05. The zero-order valence-corrected chi connectivity index (χ0v) is 9.29. The zero-order chi connectivity index (χ0) is 10.8. The second kappa shape index (κ2) is 4.21. The van der Waals surface area contributed by atoms with Crippen LogP contribution in [0.3, 0.4) is 0 Å². The summed E-state index contributed by atoms with van der Waals surface area (Å²) >= 11 is 0. The van der Waals surface area contributed by atoms with E-state index >= 15 is 0 Å². The van der Waals surface area contributed by atoms with E-state index in [1.54, 1.807) is 7.11 Å². The highest BCUT2D eigenvalue weighted by atomic mass is 16.5. The van der Waals surface area contributed by atoms with Crippen molar-refractivity contribution in [3.63, 3.8) is 0 Å². The van der Waals surface area contributed by atoms with Gasteiger partial charge in [-0.2, -0.15) is 0 Å². The molecule has 3 N–H and O–H groups in total. The fourth-order valence-corrected chi connectivity index (χ4v) is 2.03. The lowest BCUT2D eigenvalue weighted by Crippen LogP contribution is -2.29. The van der Waals surface area contributed by atoms with Crippen LogP contribution < -0.4 is 16.0 Å². The van der Waals surface area contributed by atoms with Gasteiger partial charge in [-0.05, 0) is 42.9 Å². The van der Waals surface area contributed by atoms with Crippen molar-refractivity contribution in [1.29, 1.82) is 0 Å². The van der Waals surface area contributed by atoms with E-state index in [0.29, 0.717) is 12.0 Å². The highest BCUT2D eigenvalue weighted by Gasteiger charge is 2.31. The Morgan fingerprint density at radius 1 is 1.47 bits per heavy atom. The first kappa shape index (κ1) is 10.5. The van der Waals surface area contributed by atoms with Crippen molar-refractivity contribution in [2.24, 2.45) is 11.8 Å². The molecule has 1 aliphatic carbocycles. The van der Waals surface area contributed by atoms with Gasteiger partial charge in [0.1, 0.15) is 5.75 Å². The smallest absolute Gasteiger partial charge is 0.121 e. The Morgan fingerprint density at radius 3 is 2.67 bits per heavy atom. The predicted molar refractivity (Wildman–Crippen MR) is 60.5 cm³/mol. The van der Waals surface area contributed by atoms with E-state index in [-0.39, 0.29) is 0 Å². The van der Waals surface area contributed by atoms with Gasteiger partial charge in [0, 0.05) is 6.04 Å². The third kappa shape index (κ3) is 2.13. The van der Waals surface area contributed by atoms with Crippen LogP contribution in [0.1, 0.15) is 30.0 Å². The molecule has 0 spiro atoms. The minimum absolute atomic E-state index is 0.301. The molecule has 0 amide bonds. The van der Waals surface area contributed by atoms with Gasteiger partial charge in [-0.15, -0.1) is 0 Å². The predicted octanol–water partition coefficient (Wildman–Crippen LogP) is 1.92. The van der Waals surface area contributed by atoms with Crippen LogP contribution >= 0.6 is 0 Å². The lowest BCUT2D eigenvalue weighted by Gasteiger charge is -2.16. The summed E-state index contributed by atoms with van der Waals surface area (Å²) in [6.45, 7) is 2.06. The van der Waals surface area contributed by atoms with Gasteiger partial charge in [-0.25, -0.2) is 0 Å². The van der Waals surface area contributed by atoms with E-state index in [1.807, 2.05) is 6.07 Å². The van der Waals surface area contributed by atoms with E-state index in [4.69, 9.17) is 10.6 Å². The Labute approximate surface area is 90.6 Å². The summed E-state index contributed by atoms with van der Waals surface area (Å²) in [4.78, 5) is 0. The van der Waals surface area contributed by atoms with E-state index < -0.39 is 0 Å². The van der Waals surface area contributed by atoms with E-state index in [2.05, 4.69) is 24.5 Å². The molecule has 2 rings (SSSR count). The van der Waals surface area contributed by atoms with Crippen molar-refractivity contribution in [2.45, 2.75) is 25.8 Å². The second-order valence-electron chi connectivity index (χ2n) is 4.21. The van der Waals surface area contributed by atoms with Gasteiger partial charge in [0.05, 0.1) is 7.11 Å². The van der Waals surface area contributed by atoms with Gasteiger partial charge in [-0.3, -0.25) is 11.3 Å². The average molecular weight is 206 g/mol. The largest absolute Gasteiger partial charge is 0.496 e. The van der Waals surface area contributed by atoms with Crippen LogP contribution in [0, 0.1) is 12.8 Å². The quantitative estimate of drug-likeness (QED) is 0.584. The molecule has 1 aliphatic rings. The van der Waals surface area contributed by atoms with Crippen LogP contribution in [0.15, 0.2) is 18.2 Å². The first-order chi connectivity index (χ1) is 7.26. The topological polar surface area (TPSA) is 47.3 Å². The molecule has 1 aromatic rings. The summed E-state index contributed by atoms with van der Waals surface area (Å²) in [5, 5.41) is 0. The maximum Gasteiger partial charge on any atom is 0.121 e. The van der Waals surface area contributed by atoms with Gasteiger partial charge in [-0.1, -0.05) is 12.1 Å². The number of hydrogen-bond acceptors (Lipinski definition) is 3. The number of hydrogen-bond donors (Lipinski definition) is 2. The fraction of sp³-hybridized carbons (Fsp3) is 0.500. The van der Waals surface area contributed by atoms with Gasteiger partial charge in [0.2, 0.25) is 0 Å². The summed E-state index contributed by atoms with van der Waals surface area (Å²) in [7, 11) is 1.70. The van der Waals surface area contributed by atoms with E-state index in [0.717, 1.165) is 11.3 Å². The molecule has 0 heterocycles. The molecule has 3 heteroatoms. The lowest BCUT2D eigenvalue weighted by atomic mass is 10.0. The molecule has 15 heavy (non-hydrogen) atoms. The average Bonchev–Trinajstić information content (AvgIpc) is 3.03. The van der Waals surface area contributed by atoms with Crippen molar-refractivity contribution in [3.05, 3.63) is 29.3 Å². The lowest BCUT2D eigenvalue weighted by molar-refractivity contribution is 0.410. The maximum absolute atomic E-state index is 5.59. The van der Waals surface area contributed by atoms with Crippen molar-refractivity contribution < 1.29 is 4.74 Å². The summed E-state index contributed by atoms with van der Waals surface area (Å²) in [5.74, 6) is 7.23. The number of methoxy groups -OCH3 is 1. The molecule has 1 saturated carbocycles. The summed E-state index contributed by atoms with van der Waals surface area (Å²) in [6, 6.07) is 6.56. The van der Waals surface area contributed by atoms with Crippen LogP contribution in [0.25, 0.3) is 0 Å². The van der Waals surface area contributed by atoms with E-state index in [1.165, 1.54) is 18.4 Å². The number of nitrogens with two attached hydrogens (primary N) is 1. The molecule has 0 radical (unpaired) electrons. The molecule has 0 bridgehead atoms. The van der Waals surface area contributed by atoms with Gasteiger partial charge >= 0.3 is 0 Å². The van der Waals surface area contributed by atoms with Gasteiger partial charge < -0.3 is 4.74 Å². The van der Waals surface area contributed by atoms with Crippen LogP contribution in [-0.4, -0.2) is 7.11 Å². The van der Waals surface area contributed by atoms with Crippen LogP contribution in [0.2, 0.25) is 0 Å². The van der Waals surface area contributed by atoms with Crippen molar-refractivity contribution in [3.8, 4) is 5.75 Å². The molecule has 0 saturated heterocycles. The number of nitrogens with one attached hydrogen (secondary N) is 1. The normalized spacial score (nSPS) is 17.5. The van der Waals surface area contributed by atoms with Gasteiger partial charge in [0.15, 0.2) is 0 Å². The standard InChI is InChI=1S/C12H18N2O/c1-8-7-10(5-6-11(8)15-2)12(14-13)9-3-4-9/h5-7,9,12,14H,3-4,13H2,1-2H3. The van der Waals surface area contributed by atoms with Crippen LogP contribution in [0.5, 0.6) is 5.75 Å². The Morgan fingerprint density at radius 2 is 2.20 bits per heavy atom. The fourth-order valence-electron chi connectivity index (χ4n) is 2.03. The molecule has 3 nitrogen and oxygen atoms in total. The molecule has 1 fully saturated rings. The number of ether oxygens (including phenoxy) is 1. The minimum atomic E-state index is 0.301. The zero-order valence-electron chi connectivity index (χ0n) is 9.29. The highest BCUT2D eigenvalue weighted by molar-refractivity contribution is 5.37. The monoisotopic (exact) mass is 206 g/mol. The number of rotatable bonds is 4. The molecule has 0 aromatic heterocycles. The SMILES string of the molecule is COc1ccc(C(NN)C2CC2)cc1C. The maximum atomic E-state index is 5.59. The minimum Gasteiger partial charge on any atom is -0.496 e. The summed E-state index contributed by atoms with van der Waals surface area (Å²) in [5.41, 5.74) is 5.33. The summed E-state index contributed by atoms with van der Waals surface area (Å²) in [6.07, 6.45) is 2.56. The van der Waals surface area contributed by atoms with E-state index in [9.17, 15) is 0 Å². The van der Waals surface area contributed by atoms with Crippen molar-refractivity contribution in [2.75, 3.05) is 7.11 Å². The van der Waals surface area contributed by atoms with Crippen LogP contribution in [-0.2, 0) is 0 Å². The number of hydrazine groups is 1. The Bertz CT molecular complexity index is 347. The molecule has 0 aliphatic heterocycles. The summed E-state index contributed by atoms with van der Waals surface area (Å²) < 4.78 is 5.24. The Hall–Kier alpha value is -1.06. The van der Waals surface area contributed by atoms with Crippen LogP contribution in [0.4, 0.5) is 0 Å². The van der Waals surface area contributed by atoms with Crippen molar-refractivity contribution >= 4 is 0 Å². The third-order valence-electron chi connectivity index (χ3n) is 3.05. The second-order valence-corrected chi connectivity index (χ2v) is 4.21. The number of benzene rings is 1. The molecule has 1 aromatic carbocycles. The van der Waals surface area contributed by atoms with Gasteiger partial charge in [0.25, 0.3) is 0 Å². The first-order valence-electron chi connectivity index (χ1n) is 5.37. The molecule has 1 unspecified atom stereocenters. The Balaban J connectivity index is 2.23. The molecular formula is C12H18N2O. The van der Waals surface area contributed by atoms with Crippen molar-refractivity contribution in [1.82, 2.24) is 5.43 Å². The Kier molecular flexibility index (Phi) is 2.93. The molecular weight excluding hydrogens is 188 g/mol. The highest BCUT2D eigenvalue weighted by Crippen LogP contribution is 2.41.